The maximum absolute atomic E-state index is 5.32. The van der Waals surface area contributed by atoms with Crippen LogP contribution in [0.1, 0.15) is 38.4 Å². The average Bonchev–Trinajstić information content (AvgIpc) is 2.96. The van der Waals surface area contributed by atoms with E-state index in [1.54, 1.807) is 0 Å². The highest BCUT2D eigenvalue weighted by Gasteiger charge is 2.15. The molecule has 1 aromatic rings. The Morgan fingerprint density at radius 3 is 3.25 bits per heavy atom. The van der Waals surface area contributed by atoms with Crippen molar-refractivity contribution in [1.29, 1.82) is 0 Å². The second kappa shape index (κ2) is 5.46. The first-order valence-corrected chi connectivity index (χ1v) is 6.14. The Bertz CT molecular complexity index is 318. The molecule has 2 atom stereocenters. The average molecular weight is 223 g/mol. The molecule has 2 heterocycles. The lowest BCUT2D eigenvalue weighted by Gasteiger charge is -2.10. The minimum Gasteiger partial charge on any atom is -0.380 e. The number of nitrogens with zero attached hydrogens (tertiary/aromatic N) is 2. The van der Waals surface area contributed by atoms with E-state index in [4.69, 9.17) is 4.74 Å². The largest absolute Gasteiger partial charge is 0.380 e. The zero-order chi connectivity index (χ0) is 11.4. The van der Waals surface area contributed by atoms with Crippen LogP contribution in [-0.4, -0.2) is 29.0 Å². The maximum atomic E-state index is 5.32. The molecular formula is C12H21N3O. The van der Waals surface area contributed by atoms with Crippen molar-refractivity contribution < 1.29 is 4.74 Å². The second-order valence-corrected chi connectivity index (χ2v) is 4.49. The topological polar surface area (TPSA) is 39.1 Å². The molecule has 0 amide bonds. The summed E-state index contributed by atoms with van der Waals surface area (Å²) in [7, 11) is 0. The third-order valence-electron chi connectivity index (χ3n) is 3.21. The van der Waals surface area contributed by atoms with Crippen molar-refractivity contribution >= 4 is 0 Å². The van der Waals surface area contributed by atoms with E-state index in [2.05, 4.69) is 36.5 Å². The summed E-state index contributed by atoms with van der Waals surface area (Å²) in [6, 6.07) is 3.09. The van der Waals surface area contributed by atoms with Gasteiger partial charge in [-0.2, -0.15) is 5.10 Å². The van der Waals surface area contributed by atoms with E-state index in [1.165, 1.54) is 0 Å². The molecule has 16 heavy (non-hydrogen) atoms. The number of rotatable bonds is 5. The van der Waals surface area contributed by atoms with E-state index < -0.39 is 0 Å². The lowest BCUT2D eigenvalue weighted by Crippen LogP contribution is -2.28. The standard InChI is InChI=1S/C12H21N3O/c1-3-10(2)15-6-4-11(14-15)8-13-12-5-7-16-9-12/h4,6,10,12-13H,3,5,7-9H2,1-2H3. The third kappa shape index (κ3) is 2.83. The molecule has 1 aliphatic rings. The first-order chi connectivity index (χ1) is 7.79. The van der Waals surface area contributed by atoms with Crippen LogP contribution in [0.25, 0.3) is 0 Å². The first kappa shape index (κ1) is 11.6. The lowest BCUT2D eigenvalue weighted by atomic mass is 10.2. The van der Waals surface area contributed by atoms with E-state index in [-0.39, 0.29) is 0 Å². The summed E-state index contributed by atoms with van der Waals surface area (Å²) in [6.45, 7) is 6.94. The summed E-state index contributed by atoms with van der Waals surface area (Å²) in [5.74, 6) is 0. The lowest BCUT2D eigenvalue weighted by molar-refractivity contribution is 0.189. The molecule has 0 aromatic carbocycles. The highest BCUT2D eigenvalue weighted by atomic mass is 16.5. The summed E-state index contributed by atoms with van der Waals surface area (Å²) in [5.41, 5.74) is 1.12. The molecular weight excluding hydrogens is 202 g/mol. The van der Waals surface area contributed by atoms with Gasteiger partial charge >= 0.3 is 0 Å². The molecule has 0 saturated carbocycles. The number of hydrogen-bond donors (Lipinski definition) is 1. The minimum absolute atomic E-state index is 0.489. The number of hydrogen-bond acceptors (Lipinski definition) is 3. The third-order valence-corrected chi connectivity index (χ3v) is 3.21. The van der Waals surface area contributed by atoms with Gasteiger partial charge in [0.1, 0.15) is 0 Å². The molecule has 90 valence electrons. The van der Waals surface area contributed by atoms with Crippen molar-refractivity contribution in [3.8, 4) is 0 Å². The quantitative estimate of drug-likeness (QED) is 0.826. The molecule has 2 rings (SSSR count). The van der Waals surface area contributed by atoms with Crippen LogP contribution < -0.4 is 5.32 Å². The predicted molar refractivity (Wildman–Crippen MR) is 63.3 cm³/mol. The van der Waals surface area contributed by atoms with Crippen molar-refractivity contribution in [1.82, 2.24) is 15.1 Å². The van der Waals surface area contributed by atoms with Crippen molar-refractivity contribution in [3.63, 3.8) is 0 Å². The Morgan fingerprint density at radius 1 is 1.69 bits per heavy atom. The predicted octanol–water partition coefficient (Wildman–Crippen LogP) is 1.73. The van der Waals surface area contributed by atoms with Gasteiger partial charge in [-0.15, -0.1) is 0 Å². The molecule has 1 fully saturated rings. The van der Waals surface area contributed by atoms with Crippen molar-refractivity contribution in [2.75, 3.05) is 13.2 Å². The first-order valence-electron chi connectivity index (χ1n) is 6.14. The van der Waals surface area contributed by atoms with Crippen LogP contribution in [-0.2, 0) is 11.3 Å². The van der Waals surface area contributed by atoms with Crippen LogP contribution in [0.4, 0.5) is 0 Å². The van der Waals surface area contributed by atoms with Gasteiger partial charge in [0, 0.05) is 31.4 Å². The van der Waals surface area contributed by atoms with Gasteiger partial charge in [-0.25, -0.2) is 0 Å². The SMILES string of the molecule is CCC(C)n1ccc(CNC2CCOC2)n1. The molecule has 1 saturated heterocycles. The van der Waals surface area contributed by atoms with Crippen LogP contribution in [0.3, 0.4) is 0 Å². The van der Waals surface area contributed by atoms with Gasteiger partial charge in [0.25, 0.3) is 0 Å². The van der Waals surface area contributed by atoms with E-state index in [0.717, 1.165) is 38.3 Å². The summed E-state index contributed by atoms with van der Waals surface area (Å²) < 4.78 is 7.36. The van der Waals surface area contributed by atoms with Crippen molar-refractivity contribution in [3.05, 3.63) is 18.0 Å². The van der Waals surface area contributed by atoms with Crippen LogP contribution in [0.15, 0.2) is 12.3 Å². The molecule has 4 nitrogen and oxygen atoms in total. The van der Waals surface area contributed by atoms with Gasteiger partial charge in [0.15, 0.2) is 0 Å². The van der Waals surface area contributed by atoms with Gasteiger partial charge in [0.2, 0.25) is 0 Å². The monoisotopic (exact) mass is 223 g/mol. The fraction of sp³-hybridized carbons (Fsp3) is 0.750. The normalized spacial score (nSPS) is 22.5. The summed E-state index contributed by atoms with van der Waals surface area (Å²) in [5, 5.41) is 8.02. The van der Waals surface area contributed by atoms with Gasteiger partial charge in [-0.05, 0) is 25.8 Å². The molecule has 1 aromatic heterocycles. The molecule has 0 radical (unpaired) electrons. The van der Waals surface area contributed by atoms with Crippen LogP contribution >= 0.6 is 0 Å². The molecule has 2 unspecified atom stereocenters. The summed E-state index contributed by atoms with van der Waals surface area (Å²) in [6.07, 6.45) is 4.30. The summed E-state index contributed by atoms with van der Waals surface area (Å²) in [4.78, 5) is 0. The zero-order valence-electron chi connectivity index (χ0n) is 10.1. The van der Waals surface area contributed by atoms with E-state index in [0.29, 0.717) is 12.1 Å². The van der Waals surface area contributed by atoms with Crippen molar-refractivity contribution in [2.45, 2.75) is 45.3 Å². The maximum Gasteiger partial charge on any atom is 0.0762 e. The number of aromatic nitrogens is 2. The molecule has 0 aliphatic carbocycles. The molecule has 1 N–H and O–H groups in total. The van der Waals surface area contributed by atoms with Crippen LogP contribution in [0, 0.1) is 0 Å². The van der Waals surface area contributed by atoms with Crippen LogP contribution in [0.5, 0.6) is 0 Å². The molecule has 0 spiro atoms. The Morgan fingerprint density at radius 2 is 2.56 bits per heavy atom. The minimum atomic E-state index is 0.489. The second-order valence-electron chi connectivity index (χ2n) is 4.49. The van der Waals surface area contributed by atoms with E-state index in [1.807, 2.05) is 4.68 Å². The van der Waals surface area contributed by atoms with E-state index >= 15 is 0 Å². The highest BCUT2D eigenvalue weighted by Crippen LogP contribution is 2.10. The number of nitrogens with one attached hydrogen (secondary N) is 1. The fourth-order valence-electron chi connectivity index (χ4n) is 1.85. The Kier molecular flexibility index (Phi) is 3.96. The fourth-order valence-corrected chi connectivity index (χ4v) is 1.85. The smallest absolute Gasteiger partial charge is 0.0762 e. The van der Waals surface area contributed by atoms with Crippen molar-refractivity contribution in [2.24, 2.45) is 0 Å². The Balaban J connectivity index is 1.82. The van der Waals surface area contributed by atoms with E-state index in [9.17, 15) is 0 Å². The Hall–Kier alpha value is -0.870. The molecule has 4 heteroatoms. The van der Waals surface area contributed by atoms with Gasteiger partial charge in [0.05, 0.1) is 12.3 Å². The van der Waals surface area contributed by atoms with Crippen LogP contribution in [0.2, 0.25) is 0 Å². The van der Waals surface area contributed by atoms with Gasteiger partial charge < -0.3 is 10.1 Å². The van der Waals surface area contributed by atoms with Gasteiger partial charge in [-0.3, -0.25) is 4.68 Å². The van der Waals surface area contributed by atoms with Gasteiger partial charge in [-0.1, -0.05) is 6.92 Å². The summed E-state index contributed by atoms with van der Waals surface area (Å²) >= 11 is 0. The Labute approximate surface area is 97.0 Å². The highest BCUT2D eigenvalue weighted by molar-refractivity contribution is 4.99. The number of ether oxygens (including phenoxy) is 1. The zero-order valence-corrected chi connectivity index (χ0v) is 10.1. The molecule has 1 aliphatic heterocycles. The molecule has 0 bridgehead atoms.